The van der Waals surface area contributed by atoms with E-state index < -0.39 is 0 Å². The van der Waals surface area contributed by atoms with Gasteiger partial charge in [-0.3, -0.25) is 4.79 Å². The molecular weight excluding hydrogens is 238 g/mol. The third-order valence-electron chi connectivity index (χ3n) is 2.84. The van der Waals surface area contributed by atoms with Crippen molar-refractivity contribution >= 4 is 17.6 Å². The van der Waals surface area contributed by atoms with Gasteiger partial charge in [0.05, 0.1) is 13.0 Å². The van der Waals surface area contributed by atoms with Gasteiger partial charge in [0.1, 0.15) is 0 Å². The number of hydrogen-bond acceptors (Lipinski definition) is 3. The van der Waals surface area contributed by atoms with Gasteiger partial charge in [0.2, 0.25) is 0 Å². The van der Waals surface area contributed by atoms with Crippen LogP contribution in [0.15, 0.2) is 24.3 Å². The fraction of sp³-hybridized carbons (Fsp3) is 0.462. The van der Waals surface area contributed by atoms with E-state index in [0.29, 0.717) is 6.54 Å². The van der Waals surface area contributed by atoms with Crippen LogP contribution in [-0.2, 0) is 16.1 Å². The second-order valence-corrected chi connectivity index (χ2v) is 4.55. The molecule has 1 aromatic rings. The predicted molar refractivity (Wildman–Crippen MR) is 68.9 cm³/mol. The summed E-state index contributed by atoms with van der Waals surface area (Å²) in [4.78, 5) is 11.3. The summed E-state index contributed by atoms with van der Waals surface area (Å²) in [5.41, 5.74) is 1.10. The largest absolute Gasteiger partial charge is 0.469 e. The summed E-state index contributed by atoms with van der Waals surface area (Å²) in [7, 11) is 1.41. The van der Waals surface area contributed by atoms with E-state index in [4.69, 9.17) is 16.3 Å². The Morgan fingerprint density at radius 3 is 2.76 bits per heavy atom. The highest BCUT2D eigenvalue weighted by molar-refractivity contribution is 6.30. The molecule has 4 heteroatoms. The molecule has 17 heavy (non-hydrogen) atoms. The van der Waals surface area contributed by atoms with Gasteiger partial charge in [-0.15, -0.1) is 0 Å². The fourth-order valence-corrected chi connectivity index (χ4v) is 1.71. The first-order valence-electron chi connectivity index (χ1n) is 5.60. The number of methoxy groups -OCH3 is 1. The average Bonchev–Trinajstić information content (AvgIpc) is 2.34. The Labute approximate surface area is 107 Å². The molecule has 1 N–H and O–H groups in total. The molecule has 1 aromatic carbocycles. The molecule has 1 rings (SSSR count). The van der Waals surface area contributed by atoms with Crippen molar-refractivity contribution in [2.75, 3.05) is 7.11 Å². The molecule has 0 saturated carbocycles. The van der Waals surface area contributed by atoms with Crippen LogP contribution in [0.5, 0.6) is 0 Å². The summed E-state index contributed by atoms with van der Waals surface area (Å²) in [6, 6.07) is 7.71. The lowest BCUT2D eigenvalue weighted by molar-refractivity contribution is -0.145. The number of rotatable bonds is 5. The number of benzene rings is 1. The van der Waals surface area contributed by atoms with Gasteiger partial charge in [-0.2, -0.15) is 0 Å². The zero-order chi connectivity index (χ0) is 12.8. The van der Waals surface area contributed by atoms with Crippen molar-refractivity contribution in [1.82, 2.24) is 5.32 Å². The van der Waals surface area contributed by atoms with E-state index >= 15 is 0 Å². The summed E-state index contributed by atoms with van der Waals surface area (Å²) in [5, 5.41) is 4.00. The molecule has 0 aliphatic carbocycles. The third kappa shape index (κ3) is 4.36. The van der Waals surface area contributed by atoms with Gasteiger partial charge in [-0.1, -0.05) is 30.7 Å². The minimum Gasteiger partial charge on any atom is -0.469 e. The number of nitrogens with one attached hydrogen (secondary N) is 1. The Hall–Kier alpha value is -1.06. The topological polar surface area (TPSA) is 38.3 Å². The van der Waals surface area contributed by atoms with Gasteiger partial charge in [0.15, 0.2) is 0 Å². The average molecular weight is 256 g/mol. The van der Waals surface area contributed by atoms with Crippen LogP contribution in [0, 0.1) is 5.92 Å². The zero-order valence-corrected chi connectivity index (χ0v) is 11.1. The minimum absolute atomic E-state index is 0.0569. The number of esters is 1. The molecule has 2 unspecified atom stereocenters. The molecule has 0 fully saturated rings. The molecule has 2 atom stereocenters. The monoisotopic (exact) mass is 255 g/mol. The van der Waals surface area contributed by atoms with E-state index in [1.807, 2.05) is 38.1 Å². The SMILES string of the molecule is COC(=O)C(C)C(C)NCc1cccc(Cl)c1. The van der Waals surface area contributed by atoms with Gasteiger partial charge in [-0.25, -0.2) is 0 Å². The lowest BCUT2D eigenvalue weighted by atomic mass is 10.0. The minimum atomic E-state index is -0.198. The fourth-order valence-electron chi connectivity index (χ4n) is 1.49. The number of ether oxygens (including phenoxy) is 1. The van der Waals surface area contributed by atoms with Crippen molar-refractivity contribution in [3.63, 3.8) is 0 Å². The normalized spacial score (nSPS) is 14.1. The van der Waals surface area contributed by atoms with Crippen molar-refractivity contribution in [2.24, 2.45) is 5.92 Å². The summed E-state index contributed by atoms with van der Waals surface area (Å²) < 4.78 is 4.70. The van der Waals surface area contributed by atoms with E-state index in [-0.39, 0.29) is 17.9 Å². The molecule has 0 aliphatic rings. The van der Waals surface area contributed by atoms with Crippen molar-refractivity contribution in [1.29, 1.82) is 0 Å². The smallest absolute Gasteiger partial charge is 0.309 e. The molecule has 0 aromatic heterocycles. The van der Waals surface area contributed by atoms with Crippen LogP contribution < -0.4 is 5.32 Å². The van der Waals surface area contributed by atoms with Gasteiger partial charge >= 0.3 is 5.97 Å². The van der Waals surface area contributed by atoms with Crippen molar-refractivity contribution in [2.45, 2.75) is 26.4 Å². The predicted octanol–water partition coefficient (Wildman–Crippen LogP) is 2.63. The highest BCUT2D eigenvalue weighted by Crippen LogP contribution is 2.11. The molecule has 0 saturated heterocycles. The molecule has 0 heterocycles. The summed E-state index contributed by atoms with van der Waals surface area (Å²) in [6.07, 6.45) is 0. The molecule has 0 amide bonds. The first-order chi connectivity index (χ1) is 8.04. The first-order valence-corrected chi connectivity index (χ1v) is 5.98. The Balaban J connectivity index is 2.48. The quantitative estimate of drug-likeness (QED) is 0.822. The molecular formula is C13H18ClNO2. The first kappa shape index (κ1) is 14.0. The van der Waals surface area contributed by atoms with Crippen LogP contribution in [0.4, 0.5) is 0 Å². The van der Waals surface area contributed by atoms with E-state index in [0.717, 1.165) is 10.6 Å². The van der Waals surface area contributed by atoms with Gasteiger partial charge in [-0.05, 0) is 24.6 Å². The lowest BCUT2D eigenvalue weighted by Gasteiger charge is -2.19. The second kappa shape index (κ2) is 6.62. The van der Waals surface area contributed by atoms with Gasteiger partial charge in [0.25, 0.3) is 0 Å². The van der Waals surface area contributed by atoms with Crippen LogP contribution >= 0.6 is 11.6 Å². The number of carbonyl (C=O) groups excluding carboxylic acids is 1. The highest BCUT2D eigenvalue weighted by atomic mass is 35.5. The maximum atomic E-state index is 11.3. The van der Waals surface area contributed by atoms with Crippen LogP contribution in [0.1, 0.15) is 19.4 Å². The summed E-state index contributed by atoms with van der Waals surface area (Å²) in [6.45, 7) is 4.50. The van der Waals surface area contributed by atoms with E-state index in [1.165, 1.54) is 7.11 Å². The zero-order valence-electron chi connectivity index (χ0n) is 10.4. The Morgan fingerprint density at radius 1 is 1.47 bits per heavy atom. The Bertz CT molecular complexity index is 381. The van der Waals surface area contributed by atoms with Crippen LogP contribution in [-0.4, -0.2) is 19.1 Å². The summed E-state index contributed by atoms with van der Waals surface area (Å²) in [5.74, 6) is -0.365. The van der Waals surface area contributed by atoms with Crippen LogP contribution in [0.25, 0.3) is 0 Å². The van der Waals surface area contributed by atoms with Crippen molar-refractivity contribution < 1.29 is 9.53 Å². The van der Waals surface area contributed by atoms with E-state index in [1.54, 1.807) is 0 Å². The third-order valence-corrected chi connectivity index (χ3v) is 3.08. The molecule has 3 nitrogen and oxygen atoms in total. The van der Waals surface area contributed by atoms with Crippen LogP contribution in [0.2, 0.25) is 5.02 Å². The highest BCUT2D eigenvalue weighted by Gasteiger charge is 2.20. The molecule has 0 bridgehead atoms. The van der Waals surface area contributed by atoms with E-state index in [2.05, 4.69) is 5.32 Å². The number of hydrogen-bond donors (Lipinski definition) is 1. The van der Waals surface area contributed by atoms with E-state index in [9.17, 15) is 4.79 Å². The van der Waals surface area contributed by atoms with Gasteiger partial charge in [0, 0.05) is 17.6 Å². The lowest BCUT2D eigenvalue weighted by Crippen LogP contribution is -2.36. The Kier molecular flexibility index (Phi) is 5.45. The molecule has 0 aliphatic heterocycles. The summed E-state index contributed by atoms with van der Waals surface area (Å²) >= 11 is 5.89. The Morgan fingerprint density at radius 2 is 2.18 bits per heavy atom. The van der Waals surface area contributed by atoms with Crippen molar-refractivity contribution in [3.05, 3.63) is 34.9 Å². The number of halogens is 1. The standard InChI is InChI=1S/C13H18ClNO2/c1-9(13(16)17-3)10(2)15-8-11-5-4-6-12(14)7-11/h4-7,9-10,15H,8H2,1-3H3. The maximum absolute atomic E-state index is 11.3. The van der Waals surface area contributed by atoms with Gasteiger partial charge < -0.3 is 10.1 Å². The van der Waals surface area contributed by atoms with Crippen LogP contribution in [0.3, 0.4) is 0 Å². The number of carbonyl (C=O) groups is 1. The second-order valence-electron chi connectivity index (χ2n) is 4.11. The maximum Gasteiger partial charge on any atom is 0.309 e. The molecule has 0 radical (unpaired) electrons. The van der Waals surface area contributed by atoms with Crippen molar-refractivity contribution in [3.8, 4) is 0 Å². The molecule has 94 valence electrons. The molecule has 0 spiro atoms.